The Morgan fingerprint density at radius 1 is 1.10 bits per heavy atom. The molecule has 0 fully saturated rings. The summed E-state index contributed by atoms with van der Waals surface area (Å²) in [5.74, 6) is 3.07. The third kappa shape index (κ3) is 3.34. The molecule has 31 heavy (non-hydrogen) atoms. The van der Waals surface area contributed by atoms with Gasteiger partial charge in [-0.25, -0.2) is 15.0 Å². The predicted octanol–water partition coefficient (Wildman–Crippen LogP) is 5.95. The molecule has 0 saturated carbocycles. The molecule has 0 unspecified atom stereocenters. The van der Waals surface area contributed by atoms with E-state index in [0.29, 0.717) is 12.7 Å². The number of hydrogen-bond acceptors (Lipinski definition) is 7. The first-order valence-corrected chi connectivity index (χ1v) is 12.6. The van der Waals surface area contributed by atoms with Gasteiger partial charge in [-0.05, 0) is 60.4 Å². The van der Waals surface area contributed by atoms with Crippen LogP contribution in [0, 0.1) is 5.92 Å². The van der Waals surface area contributed by atoms with Gasteiger partial charge in [-0.15, -0.1) is 23.1 Å². The van der Waals surface area contributed by atoms with Gasteiger partial charge in [0.2, 0.25) is 6.79 Å². The average Bonchev–Trinajstić information content (AvgIpc) is 3.48. The summed E-state index contributed by atoms with van der Waals surface area (Å²) in [4.78, 5) is 15.6. The number of aromatic nitrogens is 3. The first kappa shape index (κ1) is 19.3. The van der Waals surface area contributed by atoms with E-state index in [1.165, 1.54) is 34.2 Å². The second-order valence-electron chi connectivity index (χ2n) is 8.58. The van der Waals surface area contributed by atoms with E-state index in [4.69, 9.17) is 19.4 Å². The van der Waals surface area contributed by atoms with Crippen molar-refractivity contribution in [2.75, 3.05) is 6.79 Å². The van der Waals surface area contributed by atoms with Crippen molar-refractivity contribution in [2.45, 2.75) is 50.3 Å². The number of ether oxygens (including phenoxy) is 2. The van der Waals surface area contributed by atoms with E-state index in [0.717, 1.165) is 56.6 Å². The minimum absolute atomic E-state index is 0.302. The average molecular weight is 450 g/mol. The number of rotatable bonds is 5. The van der Waals surface area contributed by atoms with Gasteiger partial charge < -0.3 is 9.47 Å². The van der Waals surface area contributed by atoms with Gasteiger partial charge in [0.25, 0.3) is 0 Å². The van der Waals surface area contributed by atoms with Crippen molar-refractivity contribution in [1.29, 1.82) is 0 Å². The van der Waals surface area contributed by atoms with Crippen molar-refractivity contribution >= 4 is 43.5 Å². The molecule has 158 valence electrons. The molecule has 1 aliphatic carbocycles. The Morgan fingerprint density at radius 2 is 1.97 bits per heavy atom. The summed E-state index contributed by atoms with van der Waals surface area (Å²) in [6.45, 7) is 4.85. The van der Waals surface area contributed by atoms with E-state index < -0.39 is 0 Å². The normalized spacial score (nSPS) is 14.8. The molecule has 5 nitrogen and oxygen atoms in total. The van der Waals surface area contributed by atoms with Gasteiger partial charge in [0.1, 0.15) is 16.2 Å². The zero-order chi connectivity index (χ0) is 20.9. The highest BCUT2D eigenvalue weighted by Gasteiger charge is 2.24. The maximum absolute atomic E-state index is 5.52. The van der Waals surface area contributed by atoms with Crippen LogP contribution in [-0.4, -0.2) is 21.7 Å². The molecule has 6 rings (SSSR count). The maximum atomic E-state index is 5.52. The molecule has 0 spiro atoms. The number of fused-ring (bicyclic) bond motifs is 6. The van der Waals surface area contributed by atoms with Crippen molar-refractivity contribution < 1.29 is 9.47 Å². The van der Waals surface area contributed by atoms with E-state index in [1.54, 1.807) is 29.4 Å². The SMILES string of the molecule is CC(C)Cc1nc2sc3c(SCc4ccc5c(c4)OCO5)ncnc3c2c2c1CCC2. The van der Waals surface area contributed by atoms with Crippen LogP contribution in [0.3, 0.4) is 0 Å². The Balaban J connectivity index is 1.40. The monoisotopic (exact) mass is 449 g/mol. The van der Waals surface area contributed by atoms with Crippen LogP contribution < -0.4 is 9.47 Å². The fourth-order valence-electron chi connectivity index (χ4n) is 4.60. The highest BCUT2D eigenvalue weighted by Crippen LogP contribution is 2.43. The molecule has 0 atom stereocenters. The van der Waals surface area contributed by atoms with Crippen LogP contribution in [0.5, 0.6) is 11.5 Å². The minimum Gasteiger partial charge on any atom is -0.454 e. The number of hydrogen-bond donors (Lipinski definition) is 0. The number of aryl methyl sites for hydroxylation is 1. The van der Waals surface area contributed by atoms with Crippen molar-refractivity contribution in [3.63, 3.8) is 0 Å². The summed E-state index contributed by atoms with van der Waals surface area (Å²) < 4.78 is 12.1. The molecule has 0 N–H and O–H groups in total. The van der Waals surface area contributed by atoms with Crippen LogP contribution >= 0.6 is 23.1 Å². The predicted molar refractivity (Wildman–Crippen MR) is 125 cm³/mol. The molecule has 4 heterocycles. The molecule has 4 aromatic rings. The van der Waals surface area contributed by atoms with Crippen molar-refractivity contribution in [2.24, 2.45) is 5.92 Å². The molecular formula is C24H23N3O2S2. The third-order valence-corrected chi connectivity index (χ3v) is 8.21. The molecule has 0 amide bonds. The zero-order valence-corrected chi connectivity index (χ0v) is 19.2. The van der Waals surface area contributed by atoms with Gasteiger partial charge in [-0.1, -0.05) is 19.9 Å². The number of thiophene rings is 1. The first-order chi connectivity index (χ1) is 15.2. The van der Waals surface area contributed by atoms with Crippen molar-refractivity contribution in [3.05, 3.63) is 46.9 Å². The molecule has 1 aliphatic heterocycles. The Labute approximate surface area is 189 Å². The quantitative estimate of drug-likeness (QED) is 0.277. The molecule has 0 bridgehead atoms. The lowest BCUT2D eigenvalue weighted by atomic mass is 9.99. The fourth-order valence-corrected chi connectivity index (χ4v) is 6.79. The van der Waals surface area contributed by atoms with E-state index in [2.05, 4.69) is 31.0 Å². The van der Waals surface area contributed by atoms with Crippen LogP contribution in [0.1, 0.15) is 42.7 Å². The number of pyridine rings is 1. The largest absolute Gasteiger partial charge is 0.454 e. The second kappa shape index (κ2) is 7.64. The van der Waals surface area contributed by atoms with Crippen LogP contribution in [-0.2, 0) is 25.0 Å². The van der Waals surface area contributed by atoms with Crippen molar-refractivity contribution in [1.82, 2.24) is 15.0 Å². The minimum atomic E-state index is 0.302. The highest BCUT2D eigenvalue weighted by atomic mass is 32.2. The van der Waals surface area contributed by atoms with Crippen molar-refractivity contribution in [3.8, 4) is 11.5 Å². The maximum Gasteiger partial charge on any atom is 0.231 e. The highest BCUT2D eigenvalue weighted by molar-refractivity contribution is 7.98. The van der Waals surface area contributed by atoms with Crippen LogP contribution in [0.4, 0.5) is 0 Å². The summed E-state index contributed by atoms with van der Waals surface area (Å²) >= 11 is 3.50. The molecule has 3 aromatic heterocycles. The molecule has 2 aliphatic rings. The second-order valence-corrected chi connectivity index (χ2v) is 10.5. The Morgan fingerprint density at radius 3 is 2.87 bits per heavy atom. The van der Waals surface area contributed by atoms with Crippen LogP contribution in [0.25, 0.3) is 20.4 Å². The molecule has 7 heteroatoms. The van der Waals surface area contributed by atoms with E-state index in [1.807, 2.05) is 6.07 Å². The number of nitrogens with zero attached hydrogens (tertiary/aromatic N) is 3. The topological polar surface area (TPSA) is 57.1 Å². The number of benzene rings is 1. The summed E-state index contributed by atoms with van der Waals surface area (Å²) in [5.41, 5.74) is 6.53. The fraction of sp³-hybridized carbons (Fsp3) is 0.375. The van der Waals surface area contributed by atoms with E-state index in [-0.39, 0.29) is 0 Å². The smallest absolute Gasteiger partial charge is 0.231 e. The zero-order valence-electron chi connectivity index (χ0n) is 17.6. The van der Waals surface area contributed by atoms with Gasteiger partial charge in [0, 0.05) is 16.8 Å². The summed E-state index contributed by atoms with van der Waals surface area (Å²) in [7, 11) is 0. The molecule has 1 aromatic carbocycles. The van der Waals surface area contributed by atoms with Gasteiger partial charge in [0.05, 0.1) is 10.2 Å². The standard InChI is InChI=1S/C24H23N3O2S2/c1-13(2)8-17-15-4-3-5-16(15)20-21-22(31-23(20)27-17)24(26-11-25-21)30-10-14-6-7-18-19(9-14)29-12-28-18/h6-7,9,11,13H,3-5,8,10,12H2,1-2H3. The molecule has 0 saturated heterocycles. The van der Waals surface area contributed by atoms with E-state index >= 15 is 0 Å². The van der Waals surface area contributed by atoms with Gasteiger partial charge in [-0.3, -0.25) is 0 Å². The lowest BCUT2D eigenvalue weighted by Gasteiger charge is -2.11. The first-order valence-electron chi connectivity index (χ1n) is 10.8. The van der Waals surface area contributed by atoms with Gasteiger partial charge in [-0.2, -0.15) is 0 Å². The summed E-state index contributed by atoms with van der Waals surface area (Å²) in [6, 6.07) is 6.14. The summed E-state index contributed by atoms with van der Waals surface area (Å²) in [5, 5.41) is 2.30. The molecular weight excluding hydrogens is 426 g/mol. The van der Waals surface area contributed by atoms with Gasteiger partial charge >= 0.3 is 0 Å². The lowest BCUT2D eigenvalue weighted by Crippen LogP contribution is -2.03. The van der Waals surface area contributed by atoms with Crippen LogP contribution in [0.15, 0.2) is 29.6 Å². The Bertz CT molecular complexity index is 1320. The number of thioether (sulfide) groups is 1. The Kier molecular flexibility index (Phi) is 4.76. The Hall–Kier alpha value is -2.38. The van der Waals surface area contributed by atoms with Gasteiger partial charge in [0.15, 0.2) is 11.5 Å². The lowest BCUT2D eigenvalue weighted by molar-refractivity contribution is 0.174. The third-order valence-electron chi connectivity index (χ3n) is 5.94. The molecule has 0 radical (unpaired) electrons. The van der Waals surface area contributed by atoms with E-state index in [9.17, 15) is 0 Å². The van der Waals surface area contributed by atoms with Crippen LogP contribution in [0.2, 0.25) is 0 Å². The summed E-state index contributed by atoms with van der Waals surface area (Å²) in [6.07, 6.45) is 6.25.